The van der Waals surface area contributed by atoms with E-state index in [0.717, 1.165) is 11.3 Å². The maximum absolute atomic E-state index is 12.5. The molecule has 1 aliphatic rings. The summed E-state index contributed by atoms with van der Waals surface area (Å²) in [5.41, 5.74) is 0.724. The van der Waals surface area contributed by atoms with Crippen LogP contribution in [0.1, 0.15) is 10.4 Å². The lowest BCUT2D eigenvalue weighted by atomic mass is 10.2. The fourth-order valence-corrected chi connectivity index (χ4v) is 5.55. The van der Waals surface area contributed by atoms with Gasteiger partial charge in [-0.2, -0.15) is 0 Å². The summed E-state index contributed by atoms with van der Waals surface area (Å²) >= 11 is 7.07. The van der Waals surface area contributed by atoms with E-state index in [1.807, 2.05) is 0 Å². The van der Waals surface area contributed by atoms with Crippen molar-refractivity contribution in [2.75, 3.05) is 18.4 Å². The summed E-state index contributed by atoms with van der Waals surface area (Å²) in [5, 5.41) is 7.67. The standard InChI is InChI=1S/C18H15ClN4O4S2/c19-13-4-2-1-3-12(13)16(24)22-17(25)23-18-21-14-6-5-10(7-15(14)28-18)29(26,27)11-8-20-9-11/h1-7,11,20H,8-9H2,(H2,21,22,23,24,25). The number of anilines is 1. The molecule has 0 bridgehead atoms. The predicted octanol–water partition coefficient (Wildman–Crippen LogP) is 2.66. The van der Waals surface area contributed by atoms with Crippen LogP contribution in [0.15, 0.2) is 47.4 Å². The number of sulfone groups is 1. The van der Waals surface area contributed by atoms with E-state index in [1.165, 1.54) is 12.1 Å². The second kappa shape index (κ2) is 7.71. The van der Waals surface area contributed by atoms with Gasteiger partial charge in [0.2, 0.25) is 0 Å². The number of thiazole rings is 1. The van der Waals surface area contributed by atoms with E-state index < -0.39 is 27.0 Å². The molecule has 0 radical (unpaired) electrons. The van der Waals surface area contributed by atoms with E-state index >= 15 is 0 Å². The Morgan fingerprint density at radius 1 is 1.17 bits per heavy atom. The number of halogens is 1. The van der Waals surface area contributed by atoms with Gasteiger partial charge in [-0.1, -0.05) is 35.1 Å². The molecule has 4 rings (SSSR count). The number of nitrogens with zero attached hydrogens (tertiary/aromatic N) is 1. The molecule has 11 heteroatoms. The van der Waals surface area contributed by atoms with Gasteiger partial charge in [-0.15, -0.1) is 0 Å². The number of nitrogens with one attached hydrogen (secondary N) is 3. The molecule has 3 amide bonds. The maximum atomic E-state index is 12.5. The normalized spacial score (nSPS) is 14.4. The fraction of sp³-hybridized carbons (Fsp3) is 0.167. The Balaban J connectivity index is 1.49. The molecule has 3 aromatic rings. The van der Waals surface area contributed by atoms with Gasteiger partial charge in [-0.3, -0.25) is 15.4 Å². The molecule has 150 valence electrons. The van der Waals surface area contributed by atoms with E-state index in [1.54, 1.807) is 30.3 Å². The Hall–Kier alpha value is -2.53. The first-order valence-corrected chi connectivity index (χ1v) is 11.3. The predicted molar refractivity (Wildman–Crippen MR) is 111 cm³/mol. The molecule has 0 saturated carbocycles. The molecule has 29 heavy (non-hydrogen) atoms. The molecule has 0 aliphatic carbocycles. The zero-order valence-electron chi connectivity index (χ0n) is 14.8. The second-order valence-corrected chi connectivity index (χ2v) is 10.0. The molecule has 3 N–H and O–H groups in total. The number of amides is 3. The number of hydrogen-bond acceptors (Lipinski definition) is 7. The van der Waals surface area contributed by atoms with Gasteiger partial charge in [0.05, 0.1) is 30.9 Å². The molecule has 1 fully saturated rings. The van der Waals surface area contributed by atoms with Gasteiger partial charge in [-0.25, -0.2) is 18.2 Å². The molecule has 1 aromatic heterocycles. The molecule has 2 heterocycles. The van der Waals surface area contributed by atoms with Crippen LogP contribution in [0.5, 0.6) is 0 Å². The fourth-order valence-electron chi connectivity index (χ4n) is 2.75. The van der Waals surface area contributed by atoms with Crippen molar-refractivity contribution in [1.82, 2.24) is 15.6 Å². The van der Waals surface area contributed by atoms with Crippen molar-refractivity contribution in [2.45, 2.75) is 10.1 Å². The summed E-state index contributed by atoms with van der Waals surface area (Å²) in [6.45, 7) is 0.880. The zero-order chi connectivity index (χ0) is 20.6. The average molecular weight is 451 g/mol. The Kier molecular flexibility index (Phi) is 5.26. The van der Waals surface area contributed by atoms with Crippen LogP contribution >= 0.6 is 22.9 Å². The molecular formula is C18H15ClN4O4S2. The van der Waals surface area contributed by atoms with E-state index in [4.69, 9.17) is 11.6 Å². The monoisotopic (exact) mass is 450 g/mol. The van der Waals surface area contributed by atoms with Gasteiger partial charge in [-0.05, 0) is 30.3 Å². The minimum absolute atomic E-state index is 0.175. The first-order valence-electron chi connectivity index (χ1n) is 8.56. The minimum atomic E-state index is -3.40. The molecule has 0 unspecified atom stereocenters. The summed E-state index contributed by atoms with van der Waals surface area (Å²) in [6, 6.07) is 10.3. The van der Waals surface area contributed by atoms with E-state index in [2.05, 4.69) is 20.9 Å². The number of urea groups is 1. The second-order valence-electron chi connectivity index (χ2n) is 6.36. The Bertz CT molecular complexity index is 1220. The van der Waals surface area contributed by atoms with Crippen LogP contribution in [0, 0.1) is 0 Å². The number of carbonyl (C=O) groups excluding carboxylic acids is 2. The van der Waals surface area contributed by atoms with E-state index in [0.29, 0.717) is 23.3 Å². The third kappa shape index (κ3) is 3.97. The van der Waals surface area contributed by atoms with Gasteiger partial charge in [0.25, 0.3) is 5.91 Å². The highest BCUT2D eigenvalue weighted by atomic mass is 35.5. The number of imide groups is 1. The van der Waals surface area contributed by atoms with Crippen LogP contribution in [0.3, 0.4) is 0 Å². The van der Waals surface area contributed by atoms with Crippen LogP contribution in [0.4, 0.5) is 9.93 Å². The summed E-state index contributed by atoms with van der Waals surface area (Å²) in [7, 11) is -3.40. The van der Waals surface area contributed by atoms with Gasteiger partial charge in [0, 0.05) is 13.1 Å². The average Bonchev–Trinajstić information content (AvgIpc) is 3.01. The van der Waals surface area contributed by atoms with Crippen LogP contribution in [-0.2, 0) is 9.84 Å². The van der Waals surface area contributed by atoms with Crippen molar-refractivity contribution in [2.24, 2.45) is 0 Å². The van der Waals surface area contributed by atoms with Crippen molar-refractivity contribution in [3.05, 3.63) is 53.1 Å². The Morgan fingerprint density at radius 2 is 1.93 bits per heavy atom. The summed E-state index contributed by atoms with van der Waals surface area (Å²) < 4.78 is 25.7. The first kappa shape index (κ1) is 19.8. The van der Waals surface area contributed by atoms with Crippen molar-refractivity contribution in [3.63, 3.8) is 0 Å². The molecular weight excluding hydrogens is 436 g/mol. The quantitative estimate of drug-likeness (QED) is 0.562. The lowest BCUT2D eigenvalue weighted by molar-refractivity contribution is 0.0967. The molecule has 1 saturated heterocycles. The largest absolute Gasteiger partial charge is 0.327 e. The number of benzene rings is 2. The highest BCUT2D eigenvalue weighted by Gasteiger charge is 2.32. The van der Waals surface area contributed by atoms with Gasteiger partial charge < -0.3 is 5.32 Å². The number of fused-ring (bicyclic) bond motifs is 1. The van der Waals surface area contributed by atoms with Gasteiger partial charge >= 0.3 is 6.03 Å². The smallest absolute Gasteiger partial charge is 0.314 e. The van der Waals surface area contributed by atoms with Crippen LogP contribution in [0.25, 0.3) is 10.2 Å². The molecule has 1 aliphatic heterocycles. The SMILES string of the molecule is O=C(NC(=O)c1ccccc1Cl)Nc1nc2ccc(S(=O)(=O)C3CNC3)cc2s1. The number of rotatable bonds is 4. The lowest BCUT2D eigenvalue weighted by Crippen LogP contribution is -2.51. The van der Waals surface area contributed by atoms with Crippen molar-refractivity contribution < 1.29 is 18.0 Å². The summed E-state index contributed by atoms with van der Waals surface area (Å²) in [5.74, 6) is -0.642. The van der Waals surface area contributed by atoms with E-state index in [9.17, 15) is 18.0 Å². The van der Waals surface area contributed by atoms with E-state index in [-0.39, 0.29) is 20.6 Å². The van der Waals surface area contributed by atoms with Gasteiger partial charge in [0.1, 0.15) is 0 Å². The number of carbonyl (C=O) groups is 2. The molecule has 2 aromatic carbocycles. The molecule has 0 spiro atoms. The zero-order valence-corrected chi connectivity index (χ0v) is 17.2. The molecule has 0 atom stereocenters. The topological polar surface area (TPSA) is 117 Å². The highest BCUT2D eigenvalue weighted by Crippen LogP contribution is 2.30. The summed E-state index contributed by atoms with van der Waals surface area (Å²) in [6.07, 6.45) is 0. The van der Waals surface area contributed by atoms with Crippen molar-refractivity contribution >= 4 is 60.1 Å². The van der Waals surface area contributed by atoms with Crippen LogP contribution < -0.4 is 16.0 Å². The van der Waals surface area contributed by atoms with Crippen LogP contribution in [-0.4, -0.2) is 43.7 Å². The third-order valence-electron chi connectivity index (χ3n) is 4.44. The number of hydrogen-bond donors (Lipinski definition) is 3. The minimum Gasteiger partial charge on any atom is -0.314 e. The number of aromatic nitrogens is 1. The van der Waals surface area contributed by atoms with Crippen LogP contribution in [0.2, 0.25) is 5.02 Å². The first-order chi connectivity index (χ1) is 13.8. The van der Waals surface area contributed by atoms with Crippen molar-refractivity contribution in [3.8, 4) is 0 Å². The van der Waals surface area contributed by atoms with Gasteiger partial charge in [0.15, 0.2) is 15.0 Å². The Morgan fingerprint density at radius 3 is 2.62 bits per heavy atom. The highest BCUT2D eigenvalue weighted by molar-refractivity contribution is 7.92. The summed E-state index contributed by atoms with van der Waals surface area (Å²) in [4.78, 5) is 28.8. The molecule has 8 nitrogen and oxygen atoms in total. The maximum Gasteiger partial charge on any atom is 0.327 e. The van der Waals surface area contributed by atoms with Crippen molar-refractivity contribution in [1.29, 1.82) is 0 Å². The lowest BCUT2D eigenvalue weighted by Gasteiger charge is -2.26. The third-order valence-corrected chi connectivity index (χ3v) is 7.82. The Labute approximate surface area is 175 Å².